The van der Waals surface area contributed by atoms with Crippen LogP contribution in [0.25, 0.3) is 0 Å². The monoisotopic (exact) mass is 340 g/mol. The molecule has 5 nitrogen and oxygen atoms in total. The van der Waals surface area contributed by atoms with Crippen LogP contribution >= 0.6 is 0 Å². The number of rotatable bonds is 6. The molecule has 0 fully saturated rings. The Morgan fingerprint density at radius 2 is 2.04 bits per heavy atom. The van der Waals surface area contributed by atoms with Gasteiger partial charge in [0.1, 0.15) is 0 Å². The predicted molar refractivity (Wildman–Crippen MR) is 90.6 cm³/mol. The van der Waals surface area contributed by atoms with Crippen molar-refractivity contribution >= 4 is 17.4 Å². The lowest BCUT2D eigenvalue weighted by Crippen LogP contribution is -2.29. The van der Waals surface area contributed by atoms with Gasteiger partial charge in [-0.1, -0.05) is 18.2 Å². The number of ether oxygens (including phenoxy) is 1. The number of halogens is 1. The summed E-state index contributed by atoms with van der Waals surface area (Å²) in [4.78, 5) is 24.5. The lowest BCUT2D eigenvalue weighted by molar-refractivity contribution is -0.128. The Balaban J connectivity index is 2.09. The number of benzene rings is 2. The summed E-state index contributed by atoms with van der Waals surface area (Å²) in [5, 5.41) is 11.7. The molecule has 0 aliphatic heterocycles. The van der Waals surface area contributed by atoms with E-state index in [9.17, 15) is 19.2 Å². The Kier molecular flexibility index (Phi) is 5.85. The minimum absolute atomic E-state index is 0.0604. The summed E-state index contributed by atoms with van der Waals surface area (Å²) in [5.74, 6) is -3.31. The molecule has 0 aromatic heterocycles. The number of hydrogen-bond acceptors (Lipinski definition) is 4. The SMILES string of the molecule is COc1ccc(CC(=O)[C@@H](C#N)C(=O)Nc2cccc(C)c2)cc1F. The van der Waals surface area contributed by atoms with Gasteiger partial charge >= 0.3 is 0 Å². The van der Waals surface area contributed by atoms with Crippen LogP contribution in [0.5, 0.6) is 5.75 Å². The second kappa shape index (κ2) is 8.06. The molecule has 2 rings (SSSR count). The number of nitrogens with zero attached hydrogens (tertiary/aromatic N) is 1. The zero-order valence-electron chi connectivity index (χ0n) is 13.9. The Morgan fingerprint density at radius 1 is 1.28 bits per heavy atom. The van der Waals surface area contributed by atoms with Gasteiger partial charge in [-0.05, 0) is 42.3 Å². The van der Waals surface area contributed by atoms with Gasteiger partial charge in [0, 0.05) is 12.1 Å². The van der Waals surface area contributed by atoms with Gasteiger partial charge in [0.15, 0.2) is 23.3 Å². The molecule has 0 bridgehead atoms. The number of Topliss-reactive ketones (excluding diaryl/α,β-unsaturated/α-hetero) is 1. The highest BCUT2D eigenvalue weighted by Crippen LogP contribution is 2.19. The fraction of sp³-hybridized carbons (Fsp3) is 0.211. The molecule has 1 amide bonds. The first-order chi connectivity index (χ1) is 11.9. The van der Waals surface area contributed by atoms with E-state index in [0.717, 1.165) is 11.6 Å². The molecule has 128 valence electrons. The maximum absolute atomic E-state index is 13.7. The molecular formula is C19H17FN2O3. The quantitative estimate of drug-likeness (QED) is 0.820. The molecule has 2 aromatic carbocycles. The van der Waals surface area contributed by atoms with Crippen LogP contribution in [-0.4, -0.2) is 18.8 Å². The highest BCUT2D eigenvalue weighted by molar-refractivity contribution is 6.09. The maximum atomic E-state index is 13.7. The van der Waals surface area contributed by atoms with Crippen LogP contribution in [0.1, 0.15) is 11.1 Å². The second-order valence-electron chi connectivity index (χ2n) is 5.53. The second-order valence-corrected chi connectivity index (χ2v) is 5.53. The van der Waals surface area contributed by atoms with E-state index >= 15 is 0 Å². The third kappa shape index (κ3) is 4.64. The van der Waals surface area contributed by atoms with E-state index in [1.165, 1.54) is 19.2 Å². The molecule has 0 aliphatic rings. The standard InChI is InChI=1S/C19H17FN2O3/c1-12-4-3-5-14(8-12)22-19(24)15(11-21)17(23)10-13-6-7-18(25-2)16(20)9-13/h3-9,15H,10H2,1-2H3,(H,22,24)/t15-/m1/s1. The van der Waals surface area contributed by atoms with Crippen LogP contribution in [0.3, 0.4) is 0 Å². The number of aryl methyl sites for hydroxylation is 1. The van der Waals surface area contributed by atoms with Gasteiger partial charge in [0.2, 0.25) is 5.91 Å². The first-order valence-electron chi connectivity index (χ1n) is 7.57. The average molecular weight is 340 g/mol. The van der Waals surface area contributed by atoms with E-state index in [1.54, 1.807) is 24.3 Å². The van der Waals surface area contributed by atoms with Crippen LogP contribution < -0.4 is 10.1 Å². The molecule has 2 aromatic rings. The van der Waals surface area contributed by atoms with E-state index < -0.39 is 23.4 Å². The van der Waals surface area contributed by atoms with Crippen molar-refractivity contribution in [3.8, 4) is 11.8 Å². The van der Waals surface area contributed by atoms with Gasteiger partial charge in [-0.2, -0.15) is 5.26 Å². The first-order valence-corrected chi connectivity index (χ1v) is 7.57. The number of amides is 1. The van der Waals surface area contributed by atoms with Crippen LogP contribution in [0.4, 0.5) is 10.1 Å². The molecule has 0 saturated carbocycles. The van der Waals surface area contributed by atoms with Crippen molar-refractivity contribution in [2.45, 2.75) is 13.3 Å². The number of hydrogen-bond donors (Lipinski definition) is 1. The summed E-state index contributed by atoms with van der Waals surface area (Å²) >= 11 is 0. The zero-order valence-corrected chi connectivity index (χ0v) is 13.9. The van der Waals surface area contributed by atoms with Crippen LogP contribution in [-0.2, 0) is 16.0 Å². The molecule has 0 spiro atoms. The summed E-state index contributed by atoms with van der Waals surface area (Å²) in [7, 11) is 1.34. The van der Waals surface area contributed by atoms with Crippen molar-refractivity contribution in [1.29, 1.82) is 5.26 Å². The largest absolute Gasteiger partial charge is 0.494 e. The Bertz CT molecular complexity index is 843. The van der Waals surface area contributed by atoms with Crippen molar-refractivity contribution in [2.75, 3.05) is 12.4 Å². The molecule has 1 N–H and O–H groups in total. The van der Waals surface area contributed by atoms with Gasteiger partial charge in [0.05, 0.1) is 13.2 Å². The third-order valence-corrected chi connectivity index (χ3v) is 3.59. The van der Waals surface area contributed by atoms with E-state index in [0.29, 0.717) is 11.3 Å². The highest BCUT2D eigenvalue weighted by Gasteiger charge is 2.26. The molecule has 0 unspecified atom stereocenters. The Morgan fingerprint density at radius 3 is 2.64 bits per heavy atom. The van der Waals surface area contributed by atoms with E-state index in [-0.39, 0.29) is 12.2 Å². The summed E-state index contributed by atoms with van der Waals surface area (Å²) < 4.78 is 18.5. The number of ketones is 1. The number of nitrogens with one attached hydrogen (secondary N) is 1. The van der Waals surface area contributed by atoms with Crippen molar-refractivity contribution in [3.63, 3.8) is 0 Å². The van der Waals surface area contributed by atoms with Crippen molar-refractivity contribution in [1.82, 2.24) is 0 Å². The van der Waals surface area contributed by atoms with E-state index in [4.69, 9.17) is 4.74 Å². The van der Waals surface area contributed by atoms with Crippen LogP contribution in [0, 0.1) is 30.0 Å². The third-order valence-electron chi connectivity index (χ3n) is 3.59. The zero-order chi connectivity index (χ0) is 18.4. The summed E-state index contributed by atoms with van der Waals surface area (Å²) in [5.41, 5.74) is 1.81. The number of carbonyl (C=O) groups is 2. The van der Waals surface area contributed by atoms with Gasteiger partial charge < -0.3 is 10.1 Å². The molecule has 0 aliphatic carbocycles. The van der Waals surface area contributed by atoms with Gasteiger partial charge in [-0.3, -0.25) is 9.59 Å². The van der Waals surface area contributed by atoms with Crippen LogP contribution in [0.15, 0.2) is 42.5 Å². The van der Waals surface area contributed by atoms with E-state index in [2.05, 4.69) is 5.32 Å². The van der Waals surface area contributed by atoms with Crippen molar-refractivity contribution in [2.24, 2.45) is 5.92 Å². The van der Waals surface area contributed by atoms with Gasteiger partial charge in [-0.15, -0.1) is 0 Å². The molecule has 6 heteroatoms. The Hall–Kier alpha value is -3.20. The highest BCUT2D eigenvalue weighted by atomic mass is 19.1. The van der Waals surface area contributed by atoms with Gasteiger partial charge in [-0.25, -0.2) is 4.39 Å². The average Bonchev–Trinajstić information content (AvgIpc) is 2.55. The van der Waals surface area contributed by atoms with Gasteiger partial charge in [0.25, 0.3) is 0 Å². The maximum Gasteiger partial charge on any atom is 0.249 e. The first kappa shape index (κ1) is 18.1. The lowest BCUT2D eigenvalue weighted by atomic mass is 9.98. The molecular weight excluding hydrogens is 323 g/mol. The fourth-order valence-electron chi connectivity index (χ4n) is 2.34. The minimum atomic E-state index is -1.47. The Labute approximate surface area is 145 Å². The van der Waals surface area contributed by atoms with Crippen molar-refractivity contribution in [3.05, 3.63) is 59.4 Å². The minimum Gasteiger partial charge on any atom is -0.494 e. The molecule has 1 atom stereocenters. The molecule has 0 saturated heterocycles. The summed E-state index contributed by atoms with van der Waals surface area (Å²) in [6, 6.07) is 12.8. The molecule has 25 heavy (non-hydrogen) atoms. The van der Waals surface area contributed by atoms with E-state index in [1.807, 2.05) is 13.0 Å². The summed E-state index contributed by atoms with van der Waals surface area (Å²) in [6.07, 6.45) is -0.222. The predicted octanol–water partition coefficient (Wildman–Crippen LogP) is 3.03. The molecule has 0 heterocycles. The van der Waals surface area contributed by atoms with Crippen LogP contribution in [0.2, 0.25) is 0 Å². The number of carbonyl (C=O) groups excluding carboxylic acids is 2. The smallest absolute Gasteiger partial charge is 0.249 e. The number of nitriles is 1. The summed E-state index contributed by atoms with van der Waals surface area (Å²) in [6.45, 7) is 1.86. The molecule has 0 radical (unpaired) electrons. The lowest BCUT2D eigenvalue weighted by Gasteiger charge is -2.11. The topological polar surface area (TPSA) is 79.2 Å². The fourth-order valence-corrected chi connectivity index (χ4v) is 2.34. The normalized spacial score (nSPS) is 11.3. The number of anilines is 1. The van der Waals surface area contributed by atoms with Crippen molar-refractivity contribution < 1.29 is 18.7 Å². The number of methoxy groups -OCH3 is 1.